The first-order chi connectivity index (χ1) is 11.2. The van der Waals surface area contributed by atoms with Gasteiger partial charge in [0.2, 0.25) is 0 Å². The average molecular weight is 305 g/mol. The molecule has 0 unspecified atom stereocenters. The number of aromatic nitrogens is 1. The van der Waals surface area contributed by atoms with Gasteiger partial charge in [0.05, 0.1) is 0 Å². The first-order valence-corrected chi connectivity index (χ1v) is 7.44. The molecule has 0 saturated heterocycles. The van der Waals surface area contributed by atoms with Crippen LogP contribution in [-0.4, -0.2) is 19.1 Å². The summed E-state index contributed by atoms with van der Waals surface area (Å²) in [6.07, 6.45) is 1.76. The van der Waals surface area contributed by atoms with Crippen molar-refractivity contribution < 1.29 is 4.74 Å². The van der Waals surface area contributed by atoms with E-state index in [-0.39, 0.29) is 0 Å². The van der Waals surface area contributed by atoms with Crippen molar-refractivity contribution in [2.75, 3.05) is 24.3 Å². The summed E-state index contributed by atoms with van der Waals surface area (Å²) in [5.41, 5.74) is 2.08. The van der Waals surface area contributed by atoms with Gasteiger partial charge in [-0.3, -0.25) is 0 Å². The van der Waals surface area contributed by atoms with Crippen molar-refractivity contribution in [2.45, 2.75) is 0 Å². The molecule has 1 aromatic heterocycles. The third-order valence-corrected chi connectivity index (χ3v) is 3.36. The van der Waals surface area contributed by atoms with Crippen molar-refractivity contribution >= 4 is 17.2 Å². The first-order valence-electron chi connectivity index (χ1n) is 7.44. The smallest absolute Gasteiger partial charge is 0.130 e. The standard InChI is InChI=1S/C19H19N3O/c1-22(2)16-6-5-7-18(14-16)23-17-11-9-15(10-12-17)21-19-8-3-4-13-20-19/h3-14H,1-2H3,(H,20,21). The lowest BCUT2D eigenvalue weighted by atomic mass is 10.2. The third kappa shape index (κ3) is 4.01. The second kappa shape index (κ2) is 6.83. The van der Waals surface area contributed by atoms with Crippen LogP contribution in [0.2, 0.25) is 0 Å². The van der Waals surface area contributed by atoms with E-state index in [1.54, 1.807) is 6.20 Å². The van der Waals surface area contributed by atoms with Crippen LogP contribution in [0.5, 0.6) is 11.5 Å². The Bertz CT molecular complexity index is 755. The number of rotatable bonds is 5. The molecule has 0 radical (unpaired) electrons. The summed E-state index contributed by atoms with van der Waals surface area (Å²) >= 11 is 0. The zero-order valence-corrected chi connectivity index (χ0v) is 13.2. The van der Waals surface area contributed by atoms with Crippen molar-refractivity contribution in [3.63, 3.8) is 0 Å². The number of anilines is 3. The fourth-order valence-corrected chi connectivity index (χ4v) is 2.15. The highest BCUT2D eigenvalue weighted by Crippen LogP contribution is 2.26. The molecular formula is C19H19N3O. The molecule has 0 aliphatic carbocycles. The molecule has 1 N–H and O–H groups in total. The quantitative estimate of drug-likeness (QED) is 0.742. The maximum absolute atomic E-state index is 5.90. The molecule has 1 heterocycles. The van der Waals surface area contributed by atoms with Gasteiger partial charge in [-0.25, -0.2) is 4.98 Å². The van der Waals surface area contributed by atoms with Gasteiger partial charge in [-0.2, -0.15) is 0 Å². The lowest BCUT2D eigenvalue weighted by Crippen LogP contribution is -2.08. The van der Waals surface area contributed by atoms with Crippen molar-refractivity contribution in [1.82, 2.24) is 4.98 Å². The summed E-state index contributed by atoms with van der Waals surface area (Å²) < 4.78 is 5.90. The number of pyridine rings is 1. The number of ether oxygens (including phenoxy) is 1. The lowest BCUT2D eigenvalue weighted by molar-refractivity contribution is 0.483. The minimum Gasteiger partial charge on any atom is -0.457 e. The zero-order valence-electron chi connectivity index (χ0n) is 13.2. The average Bonchev–Trinajstić information content (AvgIpc) is 2.58. The van der Waals surface area contributed by atoms with Crippen LogP contribution in [0.1, 0.15) is 0 Å². The SMILES string of the molecule is CN(C)c1cccc(Oc2ccc(Nc3ccccn3)cc2)c1. The first kappa shape index (κ1) is 14.9. The van der Waals surface area contributed by atoms with Crippen molar-refractivity contribution in [3.05, 3.63) is 72.9 Å². The second-order valence-corrected chi connectivity index (χ2v) is 5.36. The highest BCUT2D eigenvalue weighted by Gasteiger charge is 2.01. The summed E-state index contributed by atoms with van der Waals surface area (Å²) in [6.45, 7) is 0. The molecule has 0 fully saturated rings. The van der Waals surface area contributed by atoms with Crippen LogP contribution in [0, 0.1) is 0 Å². The molecular weight excluding hydrogens is 286 g/mol. The molecule has 0 spiro atoms. The number of nitrogens with one attached hydrogen (secondary N) is 1. The van der Waals surface area contributed by atoms with Crippen LogP contribution in [-0.2, 0) is 0 Å². The molecule has 3 rings (SSSR count). The maximum Gasteiger partial charge on any atom is 0.130 e. The Hall–Kier alpha value is -3.01. The van der Waals surface area contributed by atoms with Gasteiger partial charge in [0.25, 0.3) is 0 Å². The van der Waals surface area contributed by atoms with Crippen LogP contribution in [0.25, 0.3) is 0 Å². The second-order valence-electron chi connectivity index (χ2n) is 5.36. The molecule has 0 bridgehead atoms. The monoisotopic (exact) mass is 305 g/mol. The normalized spacial score (nSPS) is 10.2. The van der Waals surface area contributed by atoms with E-state index in [9.17, 15) is 0 Å². The maximum atomic E-state index is 5.90. The minimum absolute atomic E-state index is 0.799. The van der Waals surface area contributed by atoms with Crippen molar-refractivity contribution in [3.8, 4) is 11.5 Å². The summed E-state index contributed by atoms with van der Waals surface area (Å²) in [4.78, 5) is 6.29. The largest absolute Gasteiger partial charge is 0.457 e. The summed E-state index contributed by atoms with van der Waals surface area (Å²) in [6, 6.07) is 21.6. The van der Waals surface area contributed by atoms with E-state index in [4.69, 9.17) is 4.74 Å². The van der Waals surface area contributed by atoms with Gasteiger partial charge in [-0.1, -0.05) is 12.1 Å². The van der Waals surface area contributed by atoms with Gasteiger partial charge in [-0.05, 0) is 48.5 Å². The Labute approximate surface area is 136 Å². The fourth-order valence-electron chi connectivity index (χ4n) is 2.15. The Morgan fingerprint density at radius 3 is 2.39 bits per heavy atom. The molecule has 23 heavy (non-hydrogen) atoms. The summed E-state index contributed by atoms with van der Waals surface area (Å²) in [5, 5.41) is 3.25. The third-order valence-electron chi connectivity index (χ3n) is 3.36. The molecule has 0 atom stereocenters. The van der Waals surface area contributed by atoms with E-state index in [1.165, 1.54) is 0 Å². The Morgan fingerprint density at radius 2 is 1.70 bits per heavy atom. The topological polar surface area (TPSA) is 37.4 Å². The molecule has 4 heteroatoms. The van der Waals surface area contributed by atoms with Gasteiger partial charge in [0.15, 0.2) is 0 Å². The van der Waals surface area contributed by atoms with E-state index in [1.807, 2.05) is 85.7 Å². The molecule has 0 aliphatic heterocycles. The van der Waals surface area contributed by atoms with Gasteiger partial charge in [0, 0.05) is 37.7 Å². The molecule has 0 aliphatic rings. The molecule has 0 amide bonds. The van der Waals surface area contributed by atoms with Crippen molar-refractivity contribution in [2.24, 2.45) is 0 Å². The Balaban J connectivity index is 1.69. The van der Waals surface area contributed by atoms with E-state index in [0.29, 0.717) is 0 Å². The lowest BCUT2D eigenvalue weighted by Gasteiger charge is -2.14. The Kier molecular flexibility index (Phi) is 4.43. The van der Waals surface area contributed by atoms with E-state index in [2.05, 4.69) is 10.3 Å². The minimum atomic E-state index is 0.799. The molecule has 116 valence electrons. The van der Waals surface area contributed by atoms with E-state index >= 15 is 0 Å². The van der Waals surface area contributed by atoms with Crippen LogP contribution >= 0.6 is 0 Å². The summed E-state index contributed by atoms with van der Waals surface area (Å²) in [7, 11) is 4.02. The predicted molar refractivity (Wildman–Crippen MR) is 94.8 cm³/mol. The number of nitrogens with zero attached hydrogens (tertiary/aromatic N) is 2. The zero-order chi connectivity index (χ0) is 16.1. The summed E-state index contributed by atoms with van der Waals surface area (Å²) in [5.74, 6) is 2.44. The number of hydrogen-bond acceptors (Lipinski definition) is 4. The van der Waals surface area contributed by atoms with E-state index < -0.39 is 0 Å². The predicted octanol–water partition coefficient (Wildman–Crippen LogP) is 4.68. The van der Waals surface area contributed by atoms with Crippen LogP contribution in [0.4, 0.5) is 17.2 Å². The van der Waals surface area contributed by atoms with Gasteiger partial charge in [0.1, 0.15) is 17.3 Å². The van der Waals surface area contributed by atoms with E-state index in [0.717, 1.165) is 28.7 Å². The number of benzene rings is 2. The highest BCUT2D eigenvalue weighted by atomic mass is 16.5. The fraction of sp³-hybridized carbons (Fsp3) is 0.105. The van der Waals surface area contributed by atoms with Gasteiger partial charge < -0.3 is 15.0 Å². The van der Waals surface area contributed by atoms with Crippen molar-refractivity contribution in [1.29, 1.82) is 0 Å². The molecule has 2 aromatic carbocycles. The van der Waals surface area contributed by atoms with Gasteiger partial charge >= 0.3 is 0 Å². The molecule has 0 saturated carbocycles. The van der Waals surface area contributed by atoms with Crippen LogP contribution in [0.15, 0.2) is 72.9 Å². The highest BCUT2D eigenvalue weighted by molar-refractivity contribution is 5.57. The molecule has 4 nitrogen and oxygen atoms in total. The van der Waals surface area contributed by atoms with Crippen LogP contribution < -0.4 is 15.0 Å². The van der Waals surface area contributed by atoms with Crippen LogP contribution in [0.3, 0.4) is 0 Å². The molecule has 3 aromatic rings. The number of hydrogen-bond donors (Lipinski definition) is 1. The van der Waals surface area contributed by atoms with Gasteiger partial charge in [-0.15, -0.1) is 0 Å². The Morgan fingerprint density at radius 1 is 0.870 bits per heavy atom.